The summed E-state index contributed by atoms with van der Waals surface area (Å²) in [6, 6.07) is 8.57. The highest BCUT2D eigenvalue weighted by Gasteiger charge is 2.57. The molecule has 1 aromatic rings. The number of carbonyl (C=O) groups is 1. The molecule has 2 aliphatic heterocycles. The molecule has 3 heteroatoms. The van der Waals surface area contributed by atoms with Crippen LogP contribution in [0.3, 0.4) is 0 Å². The molecular weight excluding hydrogens is 212 g/mol. The van der Waals surface area contributed by atoms with Crippen LogP contribution < -0.4 is 5.32 Å². The second-order valence-electron chi connectivity index (χ2n) is 5.38. The second-order valence-corrected chi connectivity index (χ2v) is 5.38. The SMILES string of the molecule is O=C1c2ccccc2CCN1C1C2CNCC21. The van der Waals surface area contributed by atoms with Gasteiger partial charge in [-0.3, -0.25) is 4.79 Å². The molecule has 0 spiro atoms. The summed E-state index contributed by atoms with van der Waals surface area (Å²) in [5.74, 6) is 1.71. The number of carbonyl (C=O) groups excluding carboxylic acids is 1. The summed E-state index contributed by atoms with van der Waals surface area (Å²) in [5, 5.41) is 3.39. The van der Waals surface area contributed by atoms with Gasteiger partial charge in [-0.25, -0.2) is 0 Å². The number of fused-ring (bicyclic) bond motifs is 2. The summed E-state index contributed by atoms with van der Waals surface area (Å²) in [7, 11) is 0. The average Bonchev–Trinajstić information content (AvgIpc) is 2.83. The molecule has 1 saturated carbocycles. The number of nitrogens with one attached hydrogen (secondary N) is 1. The van der Waals surface area contributed by atoms with Gasteiger partial charge in [0.25, 0.3) is 5.91 Å². The summed E-state index contributed by atoms with van der Waals surface area (Å²) < 4.78 is 0. The zero-order chi connectivity index (χ0) is 11.4. The van der Waals surface area contributed by atoms with E-state index < -0.39 is 0 Å². The lowest BCUT2D eigenvalue weighted by Crippen LogP contribution is -2.42. The highest BCUT2D eigenvalue weighted by atomic mass is 16.2. The summed E-state index contributed by atoms with van der Waals surface area (Å²) in [6.07, 6.45) is 1.02. The first-order valence-corrected chi connectivity index (χ1v) is 6.46. The molecule has 0 radical (unpaired) electrons. The van der Waals surface area contributed by atoms with Gasteiger partial charge in [0, 0.05) is 31.2 Å². The van der Waals surface area contributed by atoms with Crippen LogP contribution in [0.15, 0.2) is 24.3 Å². The molecule has 88 valence electrons. The van der Waals surface area contributed by atoms with Crippen molar-refractivity contribution in [3.63, 3.8) is 0 Å². The fourth-order valence-corrected chi connectivity index (χ4v) is 3.58. The van der Waals surface area contributed by atoms with Crippen molar-refractivity contribution in [1.29, 1.82) is 0 Å². The topological polar surface area (TPSA) is 32.3 Å². The van der Waals surface area contributed by atoms with Gasteiger partial charge in [0.05, 0.1) is 0 Å². The molecule has 0 aromatic heterocycles. The Labute approximate surface area is 101 Å². The molecule has 2 atom stereocenters. The van der Waals surface area contributed by atoms with Crippen molar-refractivity contribution < 1.29 is 4.79 Å². The lowest BCUT2D eigenvalue weighted by Gasteiger charge is -2.30. The Morgan fingerprint density at radius 1 is 1.18 bits per heavy atom. The highest BCUT2D eigenvalue weighted by molar-refractivity contribution is 5.97. The van der Waals surface area contributed by atoms with Gasteiger partial charge in [0.15, 0.2) is 0 Å². The van der Waals surface area contributed by atoms with Gasteiger partial charge in [-0.15, -0.1) is 0 Å². The minimum Gasteiger partial charge on any atom is -0.335 e. The Bertz CT molecular complexity index is 475. The smallest absolute Gasteiger partial charge is 0.254 e. The van der Waals surface area contributed by atoms with E-state index in [9.17, 15) is 4.79 Å². The quantitative estimate of drug-likeness (QED) is 0.774. The van der Waals surface area contributed by atoms with E-state index >= 15 is 0 Å². The van der Waals surface area contributed by atoms with Crippen molar-refractivity contribution in [3.8, 4) is 0 Å². The Kier molecular flexibility index (Phi) is 1.89. The molecule has 1 amide bonds. The van der Waals surface area contributed by atoms with E-state index in [1.807, 2.05) is 18.2 Å². The number of benzene rings is 1. The fourth-order valence-electron chi connectivity index (χ4n) is 3.58. The van der Waals surface area contributed by atoms with Crippen LogP contribution in [0.25, 0.3) is 0 Å². The lowest BCUT2D eigenvalue weighted by molar-refractivity contribution is 0.0706. The van der Waals surface area contributed by atoms with E-state index in [1.165, 1.54) is 5.56 Å². The number of hydrogen-bond donors (Lipinski definition) is 1. The van der Waals surface area contributed by atoms with Gasteiger partial charge in [0.2, 0.25) is 0 Å². The van der Waals surface area contributed by atoms with Gasteiger partial charge in [-0.1, -0.05) is 18.2 Å². The Morgan fingerprint density at radius 2 is 1.94 bits per heavy atom. The molecule has 3 aliphatic rings. The van der Waals surface area contributed by atoms with Crippen LogP contribution in [0.2, 0.25) is 0 Å². The molecule has 3 nitrogen and oxygen atoms in total. The lowest BCUT2D eigenvalue weighted by atomic mass is 9.99. The van der Waals surface area contributed by atoms with E-state index in [-0.39, 0.29) is 5.91 Å². The molecule has 0 bridgehead atoms. The van der Waals surface area contributed by atoms with Crippen molar-refractivity contribution in [2.45, 2.75) is 12.5 Å². The van der Waals surface area contributed by atoms with Crippen LogP contribution in [-0.4, -0.2) is 36.5 Å². The van der Waals surface area contributed by atoms with Crippen LogP contribution in [0.5, 0.6) is 0 Å². The van der Waals surface area contributed by atoms with Gasteiger partial charge in [-0.2, -0.15) is 0 Å². The summed E-state index contributed by atoms with van der Waals surface area (Å²) in [6.45, 7) is 3.11. The molecule has 2 unspecified atom stereocenters. The van der Waals surface area contributed by atoms with Crippen LogP contribution in [-0.2, 0) is 6.42 Å². The van der Waals surface area contributed by atoms with Crippen molar-refractivity contribution in [2.24, 2.45) is 11.8 Å². The third-order valence-corrected chi connectivity index (χ3v) is 4.54. The Balaban J connectivity index is 1.63. The van der Waals surface area contributed by atoms with Crippen LogP contribution >= 0.6 is 0 Å². The molecule has 1 aromatic carbocycles. The fraction of sp³-hybridized carbons (Fsp3) is 0.500. The van der Waals surface area contributed by atoms with Crippen molar-refractivity contribution in [1.82, 2.24) is 10.2 Å². The first kappa shape index (κ1) is 9.66. The van der Waals surface area contributed by atoms with E-state index in [0.717, 1.165) is 43.5 Å². The number of amides is 1. The molecule has 1 N–H and O–H groups in total. The molecule has 1 aliphatic carbocycles. The molecule has 4 rings (SSSR count). The van der Waals surface area contributed by atoms with Crippen molar-refractivity contribution in [3.05, 3.63) is 35.4 Å². The molecule has 2 fully saturated rings. The number of piperidine rings is 1. The summed E-state index contributed by atoms with van der Waals surface area (Å²) in [4.78, 5) is 14.6. The van der Waals surface area contributed by atoms with Gasteiger partial charge in [0.1, 0.15) is 0 Å². The number of hydrogen-bond acceptors (Lipinski definition) is 2. The molecular formula is C14H16N2O. The first-order valence-electron chi connectivity index (χ1n) is 6.46. The third-order valence-electron chi connectivity index (χ3n) is 4.54. The standard InChI is InChI=1S/C14H16N2O/c17-14-10-4-2-1-3-9(10)5-6-16(14)13-11-7-15-8-12(11)13/h1-4,11-13,15H,5-8H2. The predicted molar refractivity (Wildman–Crippen MR) is 64.8 cm³/mol. The van der Waals surface area contributed by atoms with Crippen LogP contribution in [0, 0.1) is 11.8 Å². The summed E-state index contributed by atoms with van der Waals surface area (Å²) >= 11 is 0. The first-order chi connectivity index (χ1) is 8.36. The molecule has 1 saturated heterocycles. The normalized spacial score (nSPS) is 34.5. The van der Waals surface area contributed by atoms with Gasteiger partial charge >= 0.3 is 0 Å². The maximum atomic E-state index is 12.4. The van der Waals surface area contributed by atoms with Crippen molar-refractivity contribution >= 4 is 5.91 Å². The summed E-state index contributed by atoms with van der Waals surface area (Å²) in [5.41, 5.74) is 2.15. The molecule has 2 heterocycles. The zero-order valence-electron chi connectivity index (χ0n) is 9.73. The number of rotatable bonds is 1. The third kappa shape index (κ3) is 1.29. The van der Waals surface area contributed by atoms with E-state index in [2.05, 4.69) is 16.3 Å². The Hall–Kier alpha value is -1.35. The maximum Gasteiger partial charge on any atom is 0.254 e. The predicted octanol–water partition coefficient (Wildman–Crippen LogP) is 0.903. The molecule has 17 heavy (non-hydrogen) atoms. The van der Waals surface area contributed by atoms with Gasteiger partial charge in [-0.05, 0) is 29.9 Å². The largest absolute Gasteiger partial charge is 0.335 e. The van der Waals surface area contributed by atoms with E-state index in [1.54, 1.807) is 0 Å². The van der Waals surface area contributed by atoms with E-state index in [4.69, 9.17) is 0 Å². The van der Waals surface area contributed by atoms with Crippen LogP contribution in [0.1, 0.15) is 15.9 Å². The Morgan fingerprint density at radius 3 is 2.76 bits per heavy atom. The minimum atomic E-state index is 0.256. The highest BCUT2D eigenvalue weighted by Crippen LogP contribution is 2.46. The average molecular weight is 228 g/mol. The van der Waals surface area contributed by atoms with Crippen LogP contribution in [0.4, 0.5) is 0 Å². The number of nitrogens with zero attached hydrogens (tertiary/aromatic N) is 1. The van der Waals surface area contributed by atoms with Crippen molar-refractivity contribution in [2.75, 3.05) is 19.6 Å². The second kappa shape index (κ2) is 3.33. The minimum absolute atomic E-state index is 0.256. The maximum absolute atomic E-state index is 12.4. The zero-order valence-corrected chi connectivity index (χ0v) is 9.73. The van der Waals surface area contributed by atoms with E-state index in [0.29, 0.717) is 6.04 Å². The monoisotopic (exact) mass is 228 g/mol. The van der Waals surface area contributed by atoms with Gasteiger partial charge < -0.3 is 10.2 Å².